The maximum atomic E-state index is 12.6. The van der Waals surface area contributed by atoms with Crippen LogP contribution in [0, 0.1) is 12.8 Å². The molecule has 34 heavy (non-hydrogen) atoms. The van der Waals surface area contributed by atoms with Gasteiger partial charge in [-0.25, -0.2) is 4.98 Å². The number of piperidine rings is 1. The molecule has 9 nitrogen and oxygen atoms in total. The molecule has 2 aromatic rings. The van der Waals surface area contributed by atoms with E-state index < -0.39 is 0 Å². The number of pyridine rings is 1. The van der Waals surface area contributed by atoms with Crippen LogP contribution in [0.3, 0.4) is 0 Å². The molecule has 9 heteroatoms. The molecule has 0 bridgehead atoms. The molecule has 1 aliphatic heterocycles. The number of aryl methyl sites for hydroxylation is 1. The Hall–Kier alpha value is -3.62. The molecule has 2 heterocycles. The number of nitrogens with one attached hydrogen (secondary N) is 2. The first kappa shape index (κ1) is 25.0. The molecule has 1 saturated heterocycles. The van der Waals surface area contributed by atoms with E-state index >= 15 is 0 Å². The van der Waals surface area contributed by atoms with Crippen LogP contribution in [0.25, 0.3) is 0 Å². The number of hydrogen-bond donors (Lipinski definition) is 2. The molecule has 3 rings (SSSR count). The molecule has 3 amide bonds. The summed E-state index contributed by atoms with van der Waals surface area (Å²) in [7, 11) is 0. The number of aromatic nitrogens is 1. The summed E-state index contributed by atoms with van der Waals surface area (Å²) in [6, 6.07) is 8.61. The largest absolute Gasteiger partial charge is 0.490 e. The number of benzene rings is 1. The van der Waals surface area contributed by atoms with E-state index in [-0.39, 0.29) is 30.2 Å². The van der Waals surface area contributed by atoms with Crippen molar-refractivity contribution >= 4 is 23.5 Å². The number of carbonyl (C=O) groups is 3. The Bertz CT molecular complexity index is 1000. The van der Waals surface area contributed by atoms with Gasteiger partial charge in [-0.2, -0.15) is 0 Å². The summed E-state index contributed by atoms with van der Waals surface area (Å²) in [6.07, 6.45) is 2.83. The molecule has 182 valence electrons. The first-order valence-corrected chi connectivity index (χ1v) is 11.6. The van der Waals surface area contributed by atoms with Gasteiger partial charge in [0.25, 0.3) is 5.91 Å². The Morgan fingerprint density at radius 2 is 1.74 bits per heavy atom. The van der Waals surface area contributed by atoms with Gasteiger partial charge < -0.3 is 25.0 Å². The van der Waals surface area contributed by atoms with Gasteiger partial charge >= 0.3 is 0 Å². The van der Waals surface area contributed by atoms with E-state index in [1.54, 1.807) is 35.4 Å². The fourth-order valence-electron chi connectivity index (χ4n) is 3.72. The third kappa shape index (κ3) is 6.69. The number of nitrogens with zero attached hydrogens (tertiary/aromatic N) is 2. The summed E-state index contributed by atoms with van der Waals surface area (Å²) >= 11 is 0. The summed E-state index contributed by atoms with van der Waals surface area (Å²) in [5.74, 6) is 0.783. The lowest BCUT2D eigenvalue weighted by Gasteiger charge is -2.31. The molecule has 0 aliphatic carbocycles. The molecule has 1 aromatic carbocycles. The lowest BCUT2D eigenvalue weighted by Crippen LogP contribution is -2.45. The van der Waals surface area contributed by atoms with Crippen LogP contribution in [0.2, 0.25) is 0 Å². The van der Waals surface area contributed by atoms with Gasteiger partial charge in [-0.3, -0.25) is 14.4 Å². The van der Waals surface area contributed by atoms with Gasteiger partial charge in [-0.05, 0) is 63.4 Å². The van der Waals surface area contributed by atoms with E-state index in [0.717, 1.165) is 5.56 Å². The van der Waals surface area contributed by atoms with Crippen LogP contribution >= 0.6 is 0 Å². The zero-order chi connectivity index (χ0) is 24.5. The number of hydrogen-bond acceptors (Lipinski definition) is 6. The van der Waals surface area contributed by atoms with Crippen LogP contribution < -0.4 is 20.1 Å². The number of likely N-dealkylation sites (tertiary alicyclic amines) is 1. The Morgan fingerprint density at radius 1 is 1.03 bits per heavy atom. The highest BCUT2D eigenvalue weighted by atomic mass is 16.5. The van der Waals surface area contributed by atoms with Crippen LogP contribution in [0.4, 0.5) is 5.82 Å². The van der Waals surface area contributed by atoms with Gasteiger partial charge in [0.15, 0.2) is 11.5 Å². The summed E-state index contributed by atoms with van der Waals surface area (Å²) in [6.45, 7) is 7.41. The third-order valence-electron chi connectivity index (χ3n) is 5.59. The van der Waals surface area contributed by atoms with Crippen molar-refractivity contribution in [2.45, 2.75) is 33.6 Å². The molecule has 1 aliphatic rings. The Labute approximate surface area is 199 Å². The van der Waals surface area contributed by atoms with Crippen molar-refractivity contribution in [2.24, 2.45) is 5.92 Å². The van der Waals surface area contributed by atoms with Gasteiger partial charge in [0.05, 0.1) is 19.8 Å². The predicted molar refractivity (Wildman–Crippen MR) is 128 cm³/mol. The first-order valence-electron chi connectivity index (χ1n) is 11.6. The highest BCUT2D eigenvalue weighted by Gasteiger charge is 2.27. The molecule has 1 fully saturated rings. The van der Waals surface area contributed by atoms with Gasteiger partial charge in [-0.15, -0.1) is 0 Å². The van der Waals surface area contributed by atoms with Crippen LogP contribution in [0.1, 0.15) is 42.6 Å². The lowest BCUT2D eigenvalue weighted by molar-refractivity contribution is -0.133. The number of carbonyl (C=O) groups excluding carboxylic acids is 3. The number of ether oxygens (including phenoxy) is 2. The van der Waals surface area contributed by atoms with Gasteiger partial charge in [0, 0.05) is 30.8 Å². The maximum absolute atomic E-state index is 12.6. The minimum Gasteiger partial charge on any atom is -0.490 e. The lowest BCUT2D eigenvalue weighted by atomic mass is 9.96. The molecule has 0 radical (unpaired) electrons. The van der Waals surface area contributed by atoms with Crippen LogP contribution in [0.15, 0.2) is 36.5 Å². The Kier molecular flexibility index (Phi) is 8.84. The minimum absolute atomic E-state index is 0.0858. The van der Waals surface area contributed by atoms with Crippen LogP contribution in [-0.4, -0.2) is 60.5 Å². The van der Waals surface area contributed by atoms with Gasteiger partial charge in [0.2, 0.25) is 11.8 Å². The summed E-state index contributed by atoms with van der Waals surface area (Å²) in [5, 5.41) is 5.51. The van der Waals surface area contributed by atoms with E-state index in [0.29, 0.717) is 62.0 Å². The normalized spacial score (nSPS) is 13.8. The van der Waals surface area contributed by atoms with Crippen molar-refractivity contribution in [3.8, 4) is 11.5 Å². The number of rotatable bonds is 9. The summed E-state index contributed by atoms with van der Waals surface area (Å²) in [4.78, 5) is 43.5. The van der Waals surface area contributed by atoms with Crippen molar-refractivity contribution in [3.05, 3.63) is 47.7 Å². The average molecular weight is 469 g/mol. The average Bonchev–Trinajstić information content (AvgIpc) is 2.85. The quantitative estimate of drug-likeness (QED) is 0.586. The van der Waals surface area contributed by atoms with Crippen molar-refractivity contribution < 1.29 is 23.9 Å². The number of anilines is 1. The van der Waals surface area contributed by atoms with Crippen molar-refractivity contribution in [2.75, 3.05) is 38.2 Å². The SMILES string of the molecule is CCOc1ccc(C(=O)NCC(=O)N2CCC(C(=O)Nc3ccc(C)cn3)CC2)cc1OCC. The Balaban J connectivity index is 1.46. The van der Waals surface area contributed by atoms with Gasteiger partial charge in [0.1, 0.15) is 5.82 Å². The molecule has 0 unspecified atom stereocenters. The number of amides is 3. The van der Waals surface area contributed by atoms with E-state index in [4.69, 9.17) is 9.47 Å². The fraction of sp³-hybridized carbons (Fsp3) is 0.440. The smallest absolute Gasteiger partial charge is 0.251 e. The van der Waals surface area contributed by atoms with Crippen molar-refractivity contribution in [1.29, 1.82) is 0 Å². The van der Waals surface area contributed by atoms with E-state index in [9.17, 15) is 14.4 Å². The van der Waals surface area contributed by atoms with Crippen molar-refractivity contribution in [3.63, 3.8) is 0 Å². The van der Waals surface area contributed by atoms with Crippen LogP contribution in [0.5, 0.6) is 11.5 Å². The molecule has 2 N–H and O–H groups in total. The second-order valence-electron chi connectivity index (χ2n) is 8.08. The van der Waals surface area contributed by atoms with E-state index in [1.807, 2.05) is 26.8 Å². The second kappa shape index (κ2) is 12.0. The summed E-state index contributed by atoms with van der Waals surface area (Å²) in [5.41, 5.74) is 1.41. The summed E-state index contributed by atoms with van der Waals surface area (Å²) < 4.78 is 11.1. The first-order chi connectivity index (χ1) is 16.4. The predicted octanol–water partition coefficient (Wildman–Crippen LogP) is 2.79. The molecular formula is C25H32N4O5. The van der Waals surface area contributed by atoms with Crippen molar-refractivity contribution in [1.82, 2.24) is 15.2 Å². The highest BCUT2D eigenvalue weighted by Crippen LogP contribution is 2.28. The second-order valence-corrected chi connectivity index (χ2v) is 8.08. The standard InChI is InChI=1S/C25H32N4O5/c1-4-33-20-8-7-19(14-21(20)34-5-2)24(31)27-16-23(30)29-12-10-18(11-13-29)25(32)28-22-9-6-17(3)15-26-22/h6-9,14-15,18H,4-5,10-13,16H2,1-3H3,(H,27,31)(H,26,28,32). The zero-order valence-electron chi connectivity index (χ0n) is 19.9. The third-order valence-corrected chi connectivity index (χ3v) is 5.59. The maximum Gasteiger partial charge on any atom is 0.251 e. The molecule has 0 spiro atoms. The van der Waals surface area contributed by atoms with E-state index in [1.165, 1.54) is 0 Å². The topological polar surface area (TPSA) is 110 Å². The van der Waals surface area contributed by atoms with Gasteiger partial charge in [-0.1, -0.05) is 6.07 Å². The molecular weight excluding hydrogens is 436 g/mol. The highest BCUT2D eigenvalue weighted by molar-refractivity contribution is 5.97. The van der Waals surface area contributed by atoms with Crippen LogP contribution in [-0.2, 0) is 9.59 Å². The monoisotopic (exact) mass is 468 g/mol. The minimum atomic E-state index is -0.364. The fourth-order valence-corrected chi connectivity index (χ4v) is 3.72. The molecule has 0 atom stereocenters. The zero-order valence-corrected chi connectivity index (χ0v) is 19.9. The Morgan fingerprint density at radius 3 is 2.38 bits per heavy atom. The molecule has 0 saturated carbocycles. The molecule has 1 aromatic heterocycles. The van der Waals surface area contributed by atoms with E-state index in [2.05, 4.69) is 15.6 Å².